The summed E-state index contributed by atoms with van der Waals surface area (Å²) in [5, 5.41) is 2.20. The van der Waals surface area contributed by atoms with E-state index in [0.717, 1.165) is 14.9 Å². The molecule has 1 aliphatic heterocycles. The maximum absolute atomic E-state index is 13.0. The number of barbiturate groups is 1. The number of terminal acetylenes is 1. The number of amides is 4. The number of nitrogens with zero attached hydrogens (tertiary/aromatic N) is 1. The van der Waals surface area contributed by atoms with Crippen LogP contribution in [0.15, 0.2) is 46.4 Å². The van der Waals surface area contributed by atoms with Crippen LogP contribution < -0.4 is 19.7 Å². The van der Waals surface area contributed by atoms with Gasteiger partial charge in [0.25, 0.3) is 11.8 Å². The molecule has 2 aromatic rings. The zero-order valence-corrected chi connectivity index (χ0v) is 17.8. The fourth-order valence-corrected chi connectivity index (χ4v) is 3.09. The van der Waals surface area contributed by atoms with Crippen molar-refractivity contribution in [1.29, 1.82) is 0 Å². The van der Waals surface area contributed by atoms with E-state index >= 15 is 0 Å². The number of hydrogen-bond donors (Lipinski definition) is 1. The lowest BCUT2D eigenvalue weighted by molar-refractivity contribution is -0.122. The van der Waals surface area contributed by atoms with Crippen LogP contribution in [0.3, 0.4) is 0 Å². The quantitative estimate of drug-likeness (QED) is 0.412. The standard InChI is InChI=1S/C22H17BrN2O5/c1-4-9-30-18-8-5-14(12-19(18)29-3)11-16-20(26)24-22(28)25(21(16)27)15-6-7-17(23)13(2)10-15/h1,5-8,10-12H,9H2,2-3H3,(H,24,26,28)/b16-11-. The first-order chi connectivity index (χ1) is 14.3. The van der Waals surface area contributed by atoms with Crippen molar-refractivity contribution >= 4 is 45.5 Å². The first-order valence-electron chi connectivity index (χ1n) is 8.77. The van der Waals surface area contributed by atoms with Crippen LogP contribution in [0.25, 0.3) is 6.08 Å². The summed E-state index contributed by atoms with van der Waals surface area (Å²) in [5.74, 6) is 1.68. The number of halogens is 1. The predicted octanol–water partition coefficient (Wildman–Crippen LogP) is 3.44. The highest BCUT2D eigenvalue weighted by molar-refractivity contribution is 9.10. The topological polar surface area (TPSA) is 84.9 Å². The molecule has 1 N–H and O–H groups in total. The smallest absolute Gasteiger partial charge is 0.335 e. The second-order valence-corrected chi connectivity index (χ2v) is 7.15. The van der Waals surface area contributed by atoms with Crippen molar-refractivity contribution in [1.82, 2.24) is 5.32 Å². The van der Waals surface area contributed by atoms with Crippen molar-refractivity contribution in [2.45, 2.75) is 6.92 Å². The van der Waals surface area contributed by atoms with Crippen molar-refractivity contribution in [2.24, 2.45) is 0 Å². The molecule has 1 fully saturated rings. The molecule has 0 unspecified atom stereocenters. The van der Waals surface area contributed by atoms with E-state index in [4.69, 9.17) is 15.9 Å². The van der Waals surface area contributed by atoms with Crippen LogP contribution in [0.4, 0.5) is 10.5 Å². The second kappa shape index (κ2) is 8.84. The van der Waals surface area contributed by atoms with Gasteiger partial charge in [0.1, 0.15) is 12.2 Å². The normalized spacial score (nSPS) is 15.1. The van der Waals surface area contributed by atoms with Crippen LogP contribution in [-0.2, 0) is 9.59 Å². The molecular formula is C22H17BrN2O5. The number of nitrogens with one attached hydrogen (secondary N) is 1. The van der Waals surface area contributed by atoms with Gasteiger partial charge in [-0.05, 0) is 54.5 Å². The van der Waals surface area contributed by atoms with E-state index in [1.165, 1.54) is 13.2 Å². The summed E-state index contributed by atoms with van der Waals surface area (Å²) >= 11 is 3.38. The lowest BCUT2D eigenvalue weighted by Gasteiger charge is -2.26. The molecule has 30 heavy (non-hydrogen) atoms. The number of hydrogen-bond acceptors (Lipinski definition) is 5. The highest BCUT2D eigenvalue weighted by atomic mass is 79.9. The Labute approximate surface area is 181 Å². The van der Waals surface area contributed by atoms with Gasteiger partial charge in [-0.2, -0.15) is 0 Å². The Bertz CT molecular complexity index is 1120. The number of rotatable bonds is 5. The van der Waals surface area contributed by atoms with Gasteiger partial charge in [0.2, 0.25) is 0 Å². The molecule has 0 atom stereocenters. The average Bonchev–Trinajstić information content (AvgIpc) is 2.72. The molecule has 1 saturated heterocycles. The number of urea groups is 1. The van der Waals surface area contributed by atoms with Crippen LogP contribution >= 0.6 is 15.9 Å². The molecule has 0 radical (unpaired) electrons. The fraction of sp³-hybridized carbons (Fsp3) is 0.136. The molecule has 7 nitrogen and oxygen atoms in total. The fourth-order valence-electron chi connectivity index (χ4n) is 2.84. The minimum atomic E-state index is -0.806. The Morgan fingerprint density at radius 3 is 2.60 bits per heavy atom. The molecule has 0 bridgehead atoms. The predicted molar refractivity (Wildman–Crippen MR) is 115 cm³/mol. The summed E-state index contributed by atoms with van der Waals surface area (Å²) in [6.07, 6.45) is 6.58. The van der Waals surface area contributed by atoms with Gasteiger partial charge < -0.3 is 9.47 Å². The van der Waals surface area contributed by atoms with E-state index in [-0.39, 0.29) is 12.2 Å². The maximum Gasteiger partial charge on any atom is 0.335 e. The van der Waals surface area contributed by atoms with Gasteiger partial charge in [0, 0.05) is 4.47 Å². The van der Waals surface area contributed by atoms with Crippen molar-refractivity contribution in [2.75, 3.05) is 18.6 Å². The van der Waals surface area contributed by atoms with Crippen LogP contribution in [-0.4, -0.2) is 31.6 Å². The number of methoxy groups -OCH3 is 1. The summed E-state index contributed by atoms with van der Waals surface area (Å²) < 4.78 is 11.5. The van der Waals surface area contributed by atoms with Crippen molar-refractivity contribution in [3.63, 3.8) is 0 Å². The summed E-state index contributed by atoms with van der Waals surface area (Å²) in [4.78, 5) is 38.6. The molecule has 1 aliphatic rings. The highest BCUT2D eigenvalue weighted by Gasteiger charge is 2.36. The molecule has 2 aromatic carbocycles. The minimum Gasteiger partial charge on any atom is -0.493 e. The zero-order valence-electron chi connectivity index (χ0n) is 16.2. The largest absolute Gasteiger partial charge is 0.493 e. The lowest BCUT2D eigenvalue weighted by Crippen LogP contribution is -2.54. The number of imide groups is 2. The molecule has 0 aromatic heterocycles. The number of aryl methyl sites for hydroxylation is 1. The summed E-state index contributed by atoms with van der Waals surface area (Å²) in [5.41, 5.74) is 1.52. The van der Waals surface area contributed by atoms with Crippen molar-refractivity contribution in [3.8, 4) is 23.8 Å². The van der Waals surface area contributed by atoms with E-state index in [0.29, 0.717) is 22.7 Å². The van der Waals surface area contributed by atoms with Crippen molar-refractivity contribution < 1.29 is 23.9 Å². The Morgan fingerprint density at radius 2 is 1.93 bits per heavy atom. The van der Waals surface area contributed by atoms with Gasteiger partial charge in [-0.3, -0.25) is 14.9 Å². The van der Waals surface area contributed by atoms with E-state index in [9.17, 15) is 14.4 Å². The number of benzene rings is 2. The van der Waals surface area contributed by atoms with Gasteiger partial charge in [-0.1, -0.05) is 27.9 Å². The maximum atomic E-state index is 13.0. The Balaban J connectivity index is 1.98. The third-order valence-electron chi connectivity index (χ3n) is 4.31. The summed E-state index contributed by atoms with van der Waals surface area (Å²) in [7, 11) is 1.46. The van der Waals surface area contributed by atoms with Crippen LogP contribution in [0, 0.1) is 19.3 Å². The number of anilines is 1. The summed E-state index contributed by atoms with van der Waals surface area (Å²) in [6, 6.07) is 9.08. The SMILES string of the molecule is C#CCOc1ccc(/C=C2/C(=O)NC(=O)N(c3ccc(Br)c(C)c3)C2=O)cc1OC. The van der Waals surface area contributed by atoms with Crippen LogP contribution in [0.2, 0.25) is 0 Å². The molecular weight excluding hydrogens is 452 g/mol. The number of carbonyl (C=O) groups excluding carboxylic acids is 3. The molecule has 152 valence electrons. The molecule has 4 amide bonds. The third kappa shape index (κ3) is 4.21. The Kier molecular flexibility index (Phi) is 6.23. The van der Waals surface area contributed by atoms with Gasteiger partial charge in [0.05, 0.1) is 12.8 Å². The molecule has 0 aliphatic carbocycles. The van der Waals surface area contributed by atoms with Gasteiger partial charge in [-0.15, -0.1) is 6.42 Å². The third-order valence-corrected chi connectivity index (χ3v) is 5.20. The molecule has 0 spiro atoms. The van der Waals surface area contributed by atoms with Crippen LogP contribution in [0.5, 0.6) is 11.5 Å². The Morgan fingerprint density at radius 1 is 1.17 bits per heavy atom. The first kappa shape index (κ1) is 21.1. The van der Waals surface area contributed by atoms with Gasteiger partial charge in [0.15, 0.2) is 11.5 Å². The van der Waals surface area contributed by atoms with E-state index in [2.05, 4.69) is 27.2 Å². The van der Waals surface area contributed by atoms with Gasteiger partial charge in [-0.25, -0.2) is 9.69 Å². The average molecular weight is 469 g/mol. The monoisotopic (exact) mass is 468 g/mol. The number of ether oxygens (including phenoxy) is 2. The minimum absolute atomic E-state index is 0.0708. The van der Waals surface area contributed by atoms with Gasteiger partial charge >= 0.3 is 6.03 Å². The number of carbonyl (C=O) groups is 3. The molecule has 8 heteroatoms. The van der Waals surface area contributed by atoms with E-state index < -0.39 is 17.8 Å². The Hall–Kier alpha value is -3.57. The van der Waals surface area contributed by atoms with E-state index in [1.54, 1.807) is 36.4 Å². The zero-order chi connectivity index (χ0) is 21.8. The molecule has 3 rings (SSSR count). The first-order valence-corrected chi connectivity index (χ1v) is 9.57. The lowest BCUT2D eigenvalue weighted by atomic mass is 10.1. The van der Waals surface area contributed by atoms with Crippen LogP contribution in [0.1, 0.15) is 11.1 Å². The van der Waals surface area contributed by atoms with E-state index in [1.807, 2.05) is 6.92 Å². The molecule has 1 heterocycles. The molecule has 0 saturated carbocycles. The second-order valence-electron chi connectivity index (χ2n) is 6.29. The summed E-state index contributed by atoms with van der Waals surface area (Å²) in [6.45, 7) is 1.90. The van der Waals surface area contributed by atoms with Crippen molar-refractivity contribution in [3.05, 3.63) is 57.6 Å². The highest BCUT2D eigenvalue weighted by Crippen LogP contribution is 2.30.